The SMILES string of the molecule is CCCCN(Cc1nc2cc(F)ccc2n1CCC)C(=O)c1ccc(CC)s1.CCCCc1ccc(C(=O)N(Cc2nc3cc(F)ccc3n2CCC)CC(C)C)s1.CCCc1ccc(C(=O)N(Cc2nc3cc(F)ccc3n2CCC)CC(C)C)s1.CCCn1c(CN(CC(C)C)C(=O)c2ccc(CC)s2)nc2cc(F)ccc21.CCCn1c(CN(CCC(C)C)C(=O)c2ccc(CC)s2)nc2cc(F)ccc21. The molecule has 0 bridgehead atoms. The van der Waals surface area contributed by atoms with E-state index in [-0.39, 0.29) is 58.6 Å². The molecule has 0 atom stereocenters. The molecule has 20 nitrogen and oxygen atoms in total. The Bertz CT molecular complexity index is 6680. The second-order valence-electron chi connectivity index (χ2n) is 38.5. The van der Waals surface area contributed by atoms with Gasteiger partial charge in [0.05, 0.1) is 112 Å². The number of halogens is 5. The number of benzene rings is 5. The molecule has 0 saturated heterocycles. The highest BCUT2D eigenvalue weighted by Crippen LogP contribution is 2.33. The van der Waals surface area contributed by atoms with E-state index in [1.165, 1.54) is 85.0 Å². The number of aromatic nitrogens is 10. The summed E-state index contributed by atoms with van der Waals surface area (Å²) in [6, 6.07) is 43.5. The molecule has 0 radical (unpaired) electrons. The summed E-state index contributed by atoms with van der Waals surface area (Å²) < 4.78 is 79.1. The van der Waals surface area contributed by atoms with Gasteiger partial charge in [-0.05, 0) is 228 Å². The lowest BCUT2D eigenvalue weighted by atomic mass is 10.1. The summed E-state index contributed by atoms with van der Waals surface area (Å²) in [5.74, 6) is 4.41. The quantitative estimate of drug-likeness (QED) is 0.0332. The lowest BCUT2D eigenvalue weighted by Crippen LogP contribution is -2.34. The largest absolute Gasteiger partial charge is 0.330 e. The van der Waals surface area contributed by atoms with Crippen LogP contribution in [0.15, 0.2) is 152 Å². The van der Waals surface area contributed by atoms with E-state index in [4.69, 9.17) is 4.98 Å². The fourth-order valence-electron chi connectivity index (χ4n) is 17.5. The molecule has 5 amide bonds. The Balaban J connectivity index is 0.000000172. The van der Waals surface area contributed by atoms with Gasteiger partial charge < -0.3 is 47.3 Å². The summed E-state index contributed by atoms with van der Waals surface area (Å²) in [6.07, 6.45) is 15.8. The van der Waals surface area contributed by atoms with Crippen molar-refractivity contribution in [1.82, 2.24) is 72.3 Å². The fourth-order valence-corrected chi connectivity index (χ4v) is 22.4. The summed E-state index contributed by atoms with van der Waals surface area (Å²) in [4.78, 5) is 109. The number of carbonyl (C=O) groups is 5. The van der Waals surface area contributed by atoms with E-state index in [0.29, 0.717) is 117 Å². The maximum absolute atomic E-state index is 13.7. The molecule has 0 spiro atoms. The molecule has 10 heterocycles. The minimum absolute atomic E-state index is 0.0414. The smallest absolute Gasteiger partial charge is 0.264 e. The van der Waals surface area contributed by atoms with Crippen molar-refractivity contribution in [2.24, 2.45) is 23.7 Å². The minimum Gasteiger partial charge on any atom is -0.330 e. The number of unbranched alkanes of at least 4 members (excludes halogenated alkanes) is 2. The number of nitrogens with zero attached hydrogens (tertiary/aromatic N) is 15. The van der Waals surface area contributed by atoms with Gasteiger partial charge in [0.25, 0.3) is 29.5 Å². The van der Waals surface area contributed by atoms with Gasteiger partial charge in [0.1, 0.15) is 58.2 Å². The van der Waals surface area contributed by atoms with Crippen molar-refractivity contribution < 1.29 is 45.9 Å². The molecule has 0 aliphatic rings. The molecule has 0 N–H and O–H groups in total. The number of hydrogen-bond donors (Lipinski definition) is 0. The third-order valence-corrected chi connectivity index (χ3v) is 30.4. The van der Waals surface area contributed by atoms with Gasteiger partial charge in [-0.15, -0.1) is 56.7 Å². The van der Waals surface area contributed by atoms with Gasteiger partial charge in [-0.25, -0.2) is 46.9 Å². The van der Waals surface area contributed by atoms with E-state index in [1.807, 2.05) is 73.0 Å². The van der Waals surface area contributed by atoms with Crippen LogP contribution in [0.25, 0.3) is 55.2 Å². The van der Waals surface area contributed by atoms with Gasteiger partial charge in [0.2, 0.25) is 0 Å². The van der Waals surface area contributed by atoms with E-state index in [1.54, 1.807) is 87.0 Å². The van der Waals surface area contributed by atoms with Crippen molar-refractivity contribution in [2.45, 2.75) is 300 Å². The highest BCUT2D eigenvalue weighted by Gasteiger charge is 2.30. The molecule has 0 saturated carbocycles. The second-order valence-corrected chi connectivity index (χ2v) is 44.4. The van der Waals surface area contributed by atoms with Crippen LogP contribution in [0.4, 0.5) is 22.0 Å². The molecule has 774 valence electrons. The molecule has 0 aliphatic carbocycles. The molecule has 0 fully saturated rings. The Kier molecular flexibility index (Phi) is 43.6. The lowest BCUT2D eigenvalue weighted by Gasteiger charge is -2.24. The van der Waals surface area contributed by atoms with Crippen LogP contribution in [-0.4, -0.2) is 135 Å². The van der Waals surface area contributed by atoms with E-state index in [0.717, 1.165) is 217 Å². The summed E-state index contributed by atoms with van der Waals surface area (Å²) in [6.45, 7) is 49.7. The average Bonchev–Trinajstić information content (AvgIpc) is 1.66. The van der Waals surface area contributed by atoms with Crippen LogP contribution in [0.2, 0.25) is 0 Å². The van der Waals surface area contributed by atoms with Gasteiger partial charge in [-0.1, -0.05) is 151 Å². The zero-order chi connectivity index (χ0) is 104. The molecule has 10 aromatic heterocycles. The Morgan fingerprint density at radius 2 is 0.507 bits per heavy atom. The van der Waals surface area contributed by atoms with Crippen molar-refractivity contribution in [3.05, 3.63) is 259 Å². The predicted octanol–water partition coefficient (Wildman–Crippen LogP) is 29.2. The van der Waals surface area contributed by atoms with Crippen LogP contribution in [0.3, 0.4) is 0 Å². The first-order chi connectivity index (χ1) is 69.3. The Morgan fingerprint density at radius 1 is 0.271 bits per heavy atom. The highest BCUT2D eigenvalue weighted by molar-refractivity contribution is 7.15. The van der Waals surface area contributed by atoms with Crippen molar-refractivity contribution in [3.8, 4) is 0 Å². The van der Waals surface area contributed by atoms with Crippen LogP contribution >= 0.6 is 56.7 Å². The topological polar surface area (TPSA) is 191 Å². The van der Waals surface area contributed by atoms with Crippen LogP contribution in [-0.2, 0) is 97.6 Å². The van der Waals surface area contributed by atoms with E-state index in [9.17, 15) is 45.9 Å². The number of amides is 5. The van der Waals surface area contributed by atoms with Gasteiger partial charge in [-0.3, -0.25) is 24.0 Å². The Labute approximate surface area is 868 Å². The maximum atomic E-state index is 13.7. The first kappa shape index (κ1) is 113. The second kappa shape index (κ2) is 55.5. The fraction of sp³-hybridized carbons (Fsp3) is 0.474. The third kappa shape index (κ3) is 30.8. The normalized spacial score (nSPS) is 11.5. The number of fused-ring (bicyclic) bond motifs is 5. The van der Waals surface area contributed by atoms with Gasteiger partial charge in [0, 0.05) is 120 Å². The summed E-state index contributed by atoms with van der Waals surface area (Å²) in [5.41, 5.74) is 7.83. The standard InChI is InChI=1S/C24H32FN3OS.2C23H30FN3OS.2C22H28FN3OS/c1-5-7-8-19-10-12-22(30-19)24(29)27(15-17(3)4)16-23-26-20-14-18(25)9-11-21(20)28(23)13-6-2;1-5-12-27-20-9-7-17(24)14-19(20)25-22(27)15-26(13-11-16(3)4)23(28)21-10-8-18(6-2)29-21;1-5-7-18-9-11-21(29-18)23(28)26(14-16(3)4)15-22-25-19-13-17(24)8-10-20(19)27(22)12-6-2;1-5-11-26-19-9-7-16(23)12-18(19)24-21(26)14-25(13-15(3)4)22(27)20-10-8-17(6-2)28-20;1-4-7-13-25(22(27)20-11-9-17(6-3)28-20)15-21-24-18-14-16(23)8-10-19(18)26(21)12-5-2/h9-12,14,17H,5-8,13,15-16H2,1-4H3;7-10,14,16H,5-6,11-13,15H2,1-4H3;8-11,13,16H,5-7,12,14-15H2,1-4H3;7-10,12,15H,5-6,11,13-14H2,1-4H3;8-11,14H,4-7,12-13,15H2,1-3H3. The summed E-state index contributed by atoms with van der Waals surface area (Å²) in [7, 11) is 0. The number of imidazole rings is 5. The first-order valence-corrected chi connectivity index (χ1v) is 56.0. The van der Waals surface area contributed by atoms with Crippen molar-refractivity contribution in [1.29, 1.82) is 0 Å². The van der Waals surface area contributed by atoms with Crippen molar-refractivity contribution in [3.63, 3.8) is 0 Å². The maximum Gasteiger partial charge on any atom is 0.264 e. The van der Waals surface area contributed by atoms with Crippen LogP contribution in [0.5, 0.6) is 0 Å². The number of carbonyl (C=O) groups excluding carboxylic acids is 5. The lowest BCUT2D eigenvalue weighted by molar-refractivity contribution is 0.0714. The summed E-state index contributed by atoms with van der Waals surface area (Å²) >= 11 is 7.88. The summed E-state index contributed by atoms with van der Waals surface area (Å²) in [5, 5.41) is 0. The Morgan fingerprint density at radius 3 is 0.736 bits per heavy atom. The number of rotatable bonds is 45. The average molecular weight is 2060 g/mol. The first-order valence-electron chi connectivity index (χ1n) is 51.9. The van der Waals surface area contributed by atoms with Crippen LogP contribution < -0.4 is 0 Å². The molecule has 0 unspecified atom stereocenters. The van der Waals surface area contributed by atoms with Crippen LogP contribution in [0, 0.1) is 52.8 Å². The predicted molar refractivity (Wildman–Crippen MR) is 585 cm³/mol. The highest BCUT2D eigenvalue weighted by atomic mass is 32.1. The van der Waals surface area contributed by atoms with Crippen molar-refractivity contribution in [2.75, 3.05) is 32.7 Å². The number of aryl methyl sites for hydroxylation is 10. The third-order valence-electron chi connectivity index (χ3n) is 24.5. The van der Waals surface area contributed by atoms with E-state index >= 15 is 0 Å². The van der Waals surface area contributed by atoms with Crippen LogP contribution in [0.1, 0.15) is 304 Å². The molecule has 144 heavy (non-hydrogen) atoms. The molecule has 5 aromatic carbocycles. The zero-order valence-electron chi connectivity index (χ0n) is 87.8. The Hall–Kier alpha value is -11.1. The molecule has 15 aromatic rings. The molecule has 15 rings (SSSR count). The number of thiophene rings is 5. The molecular weight excluding hydrogens is 1910 g/mol. The number of hydrogen-bond acceptors (Lipinski definition) is 15. The monoisotopic (exact) mass is 2060 g/mol. The van der Waals surface area contributed by atoms with Gasteiger partial charge in [-0.2, -0.15) is 0 Å². The molecular formula is C114H148F5N15O5S5. The van der Waals surface area contributed by atoms with Gasteiger partial charge in [0.15, 0.2) is 0 Å². The van der Waals surface area contributed by atoms with Crippen molar-refractivity contribution >= 4 is 141 Å². The van der Waals surface area contributed by atoms with Gasteiger partial charge >= 0.3 is 0 Å². The molecule has 30 heteroatoms. The molecule has 0 aliphatic heterocycles. The zero-order valence-corrected chi connectivity index (χ0v) is 91.9. The van der Waals surface area contributed by atoms with E-state index < -0.39 is 0 Å². The minimum atomic E-state index is -0.291. The van der Waals surface area contributed by atoms with E-state index in [2.05, 4.69) is 186 Å².